The first-order chi connectivity index (χ1) is 8.95. The van der Waals surface area contributed by atoms with Crippen LogP contribution >= 0.6 is 11.3 Å². The molecule has 4 nitrogen and oxygen atoms in total. The molecule has 1 heterocycles. The number of fused-ring (bicyclic) bond motifs is 1. The number of nitrogens with two attached hydrogens (primary N) is 1. The number of aliphatic hydroxyl groups is 1. The molecule has 19 heavy (non-hydrogen) atoms. The van der Waals surface area contributed by atoms with Gasteiger partial charge < -0.3 is 15.7 Å². The molecule has 3 N–H and O–H groups in total. The van der Waals surface area contributed by atoms with Crippen LogP contribution in [0.25, 0.3) is 10.1 Å². The van der Waals surface area contributed by atoms with E-state index in [0.717, 1.165) is 15.6 Å². The van der Waals surface area contributed by atoms with Crippen LogP contribution in [0.4, 0.5) is 5.69 Å². The minimum absolute atomic E-state index is 0.0633. The van der Waals surface area contributed by atoms with Gasteiger partial charge in [0.1, 0.15) is 4.88 Å². The van der Waals surface area contributed by atoms with Gasteiger partial charge in [-0.25, -0.2) is 0 Å². The quantitative estimate of drug-likeness (QED) is 0.905. The maximum atomic E-state index is 12.4. The Morgan fingerprint density at radius 3 is 2.84 bits per heavy atom. The average Bonchev–Trinajstić information content (AvgIpc) is 2.73. The van der Waals surface area contributed by atoms with Crippen molar-refractivity contribution in [3.05, 3.63) is 28.6 Å². The molecule has 102 valence electrons. The lowest BCUT2D eigenvalue weighted by atomic mass is 10.1. The lowest BCUT2D eigenvalue weighted by molar-refractivity contribution is 0.0688. The molecule has 0 aliphatic rings. The predicted octanol–water partition coefficient (Wildman–Crippen LogP) is 2.24. The number of carbonyl (C=O) groups excluding carboxylic acids is 1. The molecule has 0 aliphatic carbocycles. The van der Waals surface area contributed by atoms with Gasteiger partial charge in [-0.3, -0.25) is 4.79 Å². The number of amides is 1. The van der Waals surface area contributed by atoms with Gasteiger partial charge in [-0.1, -0.05) is 11.6 Å². The number of hydrogen-bond acceptors (Lipinski definition) is 4. The Kier molecular flexibility index (Phi) is 3.78. The molecule has 1 aromatic carbocycles. The number of nitrogens with zero attached hydrogens (tertiary/aromatic N) is 1. The molecule has 1 aromatic heterocycles. The predicted molar refractivity (Wildman–Crippen MR) is 79.6 cm³/mol. The molecule has 0 fully saturated rings. The summed E-state index contributed by atoms with van der Waals surface area (Å²) >= 11 is 1.40. The summed E-state index contributed by atoms with van der Waals surface area (Å²) in [4.78, 5) is 14.4. The zero-order valence-electron chi connectivity index (χ0n) is 11.3. The third kappa shape index (κ3) is 2.43. The number of nitrogen functional groups attached to an aromatic ring is 1. The van der Waals surface area contributed by atoms with Gasteiger partial charge in [0.2, 0.25) is 0 Å². The molecular formula is C14H18N2O2S. The summed E-state index contributed by atoms with van der Waals surface area (Å²) in [5.74, 6) is -0.141. The summed E-state index contributed by atoms with van der Waals surface area (Å²) in [5.41, 5.74) is 7.74. The standard InChI is InChI=1S/C14H18N2O2S/c1-8-4-5-11-10(6-8)12(15)13(19-11)14(18)16(3)9(2)7-17/h4-6,9,17H,7,15H2,1-3H3. The number of benzene rings is 1. The van der Waals surface area contributed by atoms with E-state index in [0.29, 0.717) is 10.6 Å². The van der Waals surface area contributed by atoms with Crippen LogP contribution in [0.5, 0.6) is 0 Å². The highest BCUT2D eigenvalue weighted by Gasteiger charge is 2.22. The van der Waals surface area contributed by atoms with E-state index in [-0.39, 0.29) is 18.6 Å². The van der Waals surface area contributed by atoms with Crippen LogP contribution in [-0.4, -0.2) is 35.6 Å². The molecule has 0 aliphatic heterocycles. The smallest absolute Gasteiger partial charge is 0.266 e. The number of likely N-dealkylation sites (N-methyl/N-ethyl adjacent to an activating group) is 1. The SMILES string of the molecule is Cc1ccc2sc(C(=O)N(C)C(C)CO)c(N)c2c1. The van der Waals surface area contributed by atoms with E-state index in [2.05, 4.69) is 0 Å². The van der Waals surface area contributed by atoms with E-state index in [1.165, 1.54) is 16.2 Å². The van der Waals surface area contributed by atoms with Crippen molar-refractivity contribution in [2.75, 3.05) is 19.4 Å². The fourth-order valence-corrected chi connectivity index (χ4v) is 2.96. The molecule has 0 bridgehead atoms. The molecule has 0 saturated carbocycles. The fourth-order valence-electron chi connectivity index (χ4n) is 1.87. The maximum Gasteiger partial charge on any atom is 0.266 e. The number of anilines is 1. The zero-order valence-corrected chi connectivity index (χ0v) is 12.1. The van der Waals surface area contributed by atoms with E-state index in [9.17, 15) is 4.79 Å². The minimum atomic E-state index is -0.223. The molecule has 1 amide bonds. The number of rotatable bonds is 3. The lowest BCUT2D eigenvalue weighted by Gasteiger charge is -2.22. The van der Waals surface area contributed by atoms with Crippen LogP contribution in [0, 0.1) is 6.92 Å². The molecule has 0 radical (unpaired) electrons. The summed E-state index contributed by atoms with van der Waals surface area (Å²) in [6, 6.07) is 5.76. The fraction of sp³-hybridized carbons (Fsp3) is 0.357. The van der Waals surface area contributed by atoms with E-state index >= 15 is 0 Å². The van der Waals surface area contributed by atoms with Crippen LogP contribution in [0.1, 0.15) is 22.2 Å². The summed E-state index contributed by atoms with van der Waals surface area (Å²) < 4.78 is 1.01. The van der Waals surface area contributed by atoms with Crippen molar-refractivity contribution in [3.63, 3.8) is 0 Å². The molecule has 1 unspecified atom stereocenters. The highest BCUT2D eigenvalue weighted by atomic mass is 32.1. The Morgan fingerprint density at radius 2 is 2.21 bits per heavy atom. The van der Waals surface area contributed by atoms with Gasteiger partial charge in [0.15, 0.2) is 0 Å². The Balaban J connectivity index is 2.46. The molecule has 0 spiro atoms. The average molecular weight is 278 g/mol. The van der Waals surface area contributed by atoms with Crippen molar-refractivity contribution in [1.82, 2.24) is 4.90 Å². The summed E-state index contributed by atoms with van der Waals surface area (Å²) in [6.07, 6.45) is 0. The topological polar surface area (TPSA) is 66.6 Å². The largest absolute Gasteiger partial charge is 0.397 e. The van der Waals surface area contributed by atoms with Crippen molar-refractivity contribution >= 4 is 33.0 Å². The van der Waals surface area contributed by atoms with Gasteiger partial charge in [-0.2, -0.15) is 0 Å². The van der Waals surface area contributed by atoms with Crippen molar-refractivity contribution < 1.29 is 9.90 Å². The molecule has 0 saturated heterocycles. The van der Waals surface area contributed by atoms with Crippen LogP contribution in [0.15, 0.2) is 18.2 Å². The number of aryl methyl sites for hydroxylation is 1. The molecule has 2 rings (SSSR count). The monoisotopic (exact) mass is 278 g/mol. The van der Waals surface area contributed by atoms with Crippen LogP contribution < -0.4 is 5.73 Å². The number of carbonyl (C=O) groups is 1. The molecule has 1 atom stereocenters. The second kappa shape index (κ2) is 5.19. The highest BCUT2D eigenvalue weighted by Crippen LogP contribution is 2.35. The zero-order chi connectivity index (χ0) is 14.2. The van der Waals surface area contributed by atoms with Gasteiger partial charge in [0, 0.05) is 17.1 Å². The first-order valence-electron chi connectivity index (χ1n) is 6.12. The molecule has 5 heteroatoms. The summed E-state index contributed by atoms with van der Waals surface area (Å²) in [5, 5.41) is 10.1. The van der Waals surface area contributed by atoms with Crippen molar-refractivity contribution in [2.24, 2.45) is 0 Å². The molecule has 2 aromatic rings. The second-order valence-electron chi connectivity index (χ2n) is 4.79. The van der Waals surface area contributed by atoms with Crippen molar-refractivity contribution in [1.29, 1.82) is 0 Å². The Labute approximate surface area is 116 Å². The van der Waals surface area contributed by atoms with Gasteiger partial charge in [-0.05, 0) is 26.0 Å². The van der Waals surface area contributed by atoms with E-state index < -0.39 is 0 Å². The van der Waals surface area contributed by atoms with Crippen LogP contribution in [-0.2, 0) is 0 Å². The van der Waals surface area contributed by atoms with Gasteiger partial charge in [0.25, 0.3) is 5.91 Å². The van der Waals surface area contributed by atoms with Crippen LogP contribution in [0.2, 0.25) is 0 Å². The van der Waals surface area contributed by atoms with Gasteiger partial charge in [0.05, 0.1) is 18.3 Å². The minimum Gasteiger partial charge on any atom is -0.397 e. The second-order valence-corrected chi connectivity index (χ2v) is 5.84. The molecular weight excluding hydrogens is 260 g/mol. The highest BCUT2D eigenvalue weighted by molar-refractivity contribution is 7.21. The maximum absolute atomic E-state index is 12.4. The van der Waals surface area contributed by atoms with E-state index in [4.69, 9.17) is 10.8 Å². The lowest BCUT2D eigenvalue weighted by Crippen LogP contribution is -2.37. The number of aliphatic hydroxyl groups excluding tert-OH is 1. The Hall–Kier alpha value is -1.59. The summed E-state index contributed by atoms with van der Waals surface area (Å²) in [6.45, 7) is 3.73. The van der Waals surface area contributed by atoms with Crippen molar-refractivity contribution in [2.45, 2.75) is 19.9 Å². The van der Waals surface area contributed by atoms with Crippen molar-refractivity contribution in [3.8, 4) is 0 Å². The normalized spacial score (nSPS) is 12.6. The van der Waals surface area contributed by atoms with Crippen LogP contribution in [0.3, 0.4) is 0 Å². The van der Waals surface area contributed by atoms with Gasteiger partial charge >= 0.3 is 0 Å². The Bertz CT molecular complexity index is 621. The number of hydrogen-bond donors (Lipinski definition) is 2. The van der Waals surface area contributed by atoms with E-state index in [1.54, 1.807) is 14.0 Å². The first-order valence-corrected chi connectivity index (χ1v) is 6.94. The van der Waals surface area contributed by atoms with Gasteiger partial charge in [-0.15, -0.1) is 11.3 Å². The first kappa shape index (κ1) is 13.8. The number of thiophene rings is 1. The third-order valence-electron chi connectivity index (χ3n) is 3.32. The Morgan fingerprint density at radius 1 is 1.53 bits per heavy atom. The summed E-state index contributed by atoms with van der Waals surface area (Å²) in [7, 11) is 1.68. The van der Waals surface area contributed by atoms with E-state index in [1.807, 2.05) is 25.1 Å². The third-order valence-corrected chi connectivity index (χ3v) is 4.50.